The first-order chi connectivity index (χ1) is 8.54. The fraction of sp³-hybridized carbons (Fsp3) is 0.462. The lowest BCUT2D eigenvalue weighted by molar-refractivity contribution is -0.0300. The molecule has 0 spiro atoms. The summed E-state index contributed by atoms with van der Waals surface area (Å²) >= 11 is 0. The maximum Gasteiger partial charge on any atom is 0.251 e. The number of hydrogen-bond acceptors (Lipinski definition) is 3. The number of amides is 1. The zero-order valence-corrected chi connectivity index (χ0v) is 10.2. The van der Waals surface area contributed by atoms with E-state index in [1.54, 1.807) is 0 Å². The average molecular weight is 253 g/mol. The Hall–Kier alpha value is -1.62. The van der Waals surface area contributed by atoms with E-state index in [9.17, 15) is 14.3 Å². The van der Waals surface area contributed by atoms with Crippen LogP contribution in [0.4, 0.5) is 4.39 Å². The minimum absolute atomic E-state index is 0.0324. The van der Waals surface area contributed by atoms with Crippen LogP contribution in [-0.2, 0) is 0 Å². The highest BCUT2D eigenvalue weighted by molar-refractivity contribution is 5.94. The van der Waals surface area contributed by atoms with Crippen LogP contribution < -0.4 is 10.1 Å². The Morgan fingerprint density at radius 2 is 2.28 bits per heavy atom. The predicted octanol–water partition coefficient (Wildman–Crippen LogP) is 1.48. The van der Waals surface area contributed by atoms with Gasteiger partial charge in [0.25, 0.3) is 5.91 Å². The lowest BCUT2D eigenvalue weighted by atomic mass is 9.80. The van der Waals surface area contributed by atoms with Gasteiger partial charge in [-0.05, 0) is 37.5 Å². The molecule has 0 unspecified atom stereocenters. The van der Waals surface area contributed by atoms with E-state index in [4.69, 9.17) is 4.74 Å². The third-order valence-corrected chi connectivity index (χ3v) is 3.28. The molecule has 0 bridgehead atoms. The van der Waals surface area contributed by atoms with Crippen molar-refractivity contribution in [3.05, 3.63) is 29.6 Å². The van der Waals surface area contributed by atoms with Crippen LogP contribution in [0.3, 0.4) is 0 Å². The number of hydrogen-bond donors (Lipinski definition) is 2. The van der Waals surface area contributed by atoms with Crippen molar-refractivity contribution in [3.8, 4) is 5.75 Å². The minimum atomic E-state index is -0.764. The molecule has 2 rings (SSSR count). The Labute approximate surface area is 105 Å². The molecule has 0 aliphatic heterocycles. The Bertz CT molecular complexity index is 458. The number of halogens is 1. The molecule has 2 N–H and O–H groups in total. The van der Waals surface area contributed by atoms with Gasteiger partial charge in [-0.15, -0.1) is 0 Å². The second-order valence-corrected chi connectivity index (χ2v) is 4.61. The fourth-order valence-corrected chi connectivity index (χ4v) is 1.91. The Morgan fingerprint density at radius 3 is 2.83 bits per heavy atom. The number of aliphatic hydroxyl groups is 1. The van der Waals surface area contributed by atoms with Crippen LogP contribution in [0.5, 0.6) is 5.75 Å². The molecule has 18 heavy (non-hydrogen) atoms. The quantitative estimate of drug-likeness (QED) is 0.854. The lowest BCUT2D eigenvalue weighted by Crippen LogP contribution is -2.47. The number of rotatable bonds is 4. The molecule has 0 radical (unpaired) electrons. The minimum Gasteiger partial charge on any atom is -0.494 e. The third-order valence-electron chi connectivity index (χ3n) is 3.28. The van der Waals surface area contributed by atoms with E-state index in [1.165, 1.54) is 25.3 Å². The van der Waals surface area contributed by atoms with Gasteiger partial charge in [-0.2, -0.15) is 0 Å². The van der Waals surface area contributed by atoms with Crippen LogP contribution in [0.1, 0.15) is 29.6 Å². The van der Waals surface area contributed by atoms with E-state index >= 15 is 0 Å². The van der Waals surface area contributed by atoms with Crippen molar-refractivity contribution >= 4 is 5.91 Å². The van der Waals surface area contributed by atoms with Gasteiger partial charge in [0.1, 0.15) is 0 Å². The highest BCUT2D eigenvalue weighted by Crippen LogP contribution is 2.30. The first-order valence-corrected chi connectivity index (χ1v) is 5.88. The largest absolute Gasteiger partial charge is 0.494 e. The molecule has 0 heterocycles. The zero-order valence-electron chi connectivity index (χ0n) is 10.2. The van der Waals surface area contributed by atoms with E-state index in [-0.39, 0.29) is 18.2 Å². The van der Waals surface area contributed by atoms with E-state index in [2.05, 4.69) is 5.32 Å². The summed E-state index contributed by atoms with van der Waals surface area (Å²) in [5.41, 5.74) is -0.448. The Kier molecular flexibility index (Phi) is 3.52. The topological polar surface area (TPSA) is 58.6 Å². The molecule has 1 aliphatic rings. The summed E-state index contributed by atoms with van der Waals surface area (Å²) in [6.07, 6.45) is 2.40. The number of carbonyl (C=O) groups is 1. The smallest absolute Gasteiger partial charge is 0.251 e. The van der Waals surface area contributed by atoms with E-state index < -0.39 is 11.4 Å². The van der Waals surface area contributed by atoms with E-state index in [1.807, 2.05) is 0 Å². The van der Waals surface area contributed by atoms with Crippen molar-refractivity contribution in [2.75, 3.05) is 13.7 Å². The van der Waals surface area contributed by atoms with Crippen LogP contribution in [0.2, 0.25) is 0 Å². The van der Waals surface area contributed by atoms with Gasteiger partial charge in [0.05, 0.1) is 12.7 Å². The molecule has 4 nitrogen and oxygen atoms in total. The second kappa shape index (κ2) is 4.94. The highest BCUT2D eigenvalue weighted by Gasteiger charge is 2.34. The van der Waals surface area contributed by atoms with Gasteiger partial charge in [0.15, 0.2) is 11.6 Å². The molecular weight excluding hydrogens is 237 g/mol. The molecule has 0 aromatic heterocycles. The third kappa shape index (κ3) is 2.61. The van der Waals surface area contributed by atoms with Gasteiger partial charge in [0, 0.05) is 12.1 Å². The molecule has 1 aromatic rings. The molecule has 0 atom stereocenters. The van der Waals surface area contributed by atoms with Crippen molar-refractivity contribution in [1.82, 2.24) is 5.32 Å². The first-order valence-electron chi connectivity index (χ1n) is 5.88. The van der Waals surface area contributed by atoms with Crippen LogP contribution >= 0.6 is 0 Å². The normalized spacial score (nSPS) is 16.8. The van der Waals surface area contributed by atoms with Crippen molar-refractivity contribution < 1.29 is 19.0 Å². The predicted molar refractivity (Wildman–Crippen MR) is 64.1 cm³/mol. The fourth-order valence-electron chi connectivity index (χ4n) is 1.91. The Morgan fingerprint density at radius 1 is 1.56 bits per heavy atom. The molecular formula is C13H16FNO3. The van der Waals surface area contributed by atoms with Gasteiger partial charge < -0.3 is 15.2 Å². The van der Waals surface area contributed by atoms with Gasteiger partial charge in [0.2, 0.25) is 0 Å². The summed E-state index contributed by atoms with van der Waals surface area (Å²) in [7, 11) is 1.34. The number of methoxy groups -OCH3 is 1. The number of benzene rings is 1. The van der Waals surface area contributed by atoms with Crippen LogP contribution in [0, 0.1) is 5.82 Å². The SMILES string of the molecule is COc1cc(C(=O)NCC2(O)CCC2)ccc1F. The standard InChI is InChI=1S/C13H16FNO3/c1-18-11-7-9(3-4-10(11)14)12(16)15-8-13(17)5-2-6-13/h3-4,7,17H,2,5-6,8H2,1H3,(H,15,16). The van der Waals surface area contributed by atoms with Crippen molar-refractivity contribution in [2.24, 2.45) is 0 Å². The molecule has 1 aromatic carbocycles. The summed E-state index contributed by atoms with van der Waals surface area (Å²) in [6.45, 7) is 0.228. The second-order valence-electron chi connectivity index (χ2n) is 4.61. The molecule has 0 saturated heterocycles. The van der Waals surface area contributed by atoms with Crippen molar-refractivity contribution in [2.45, 2.75) is 24.9 Å². The Balaban J connectivity index is 2.00. The van der Waals surface area contributed by atoms with Crippen LogP contribution in [0.15, 0.2) is 18.2 Å². The van der Waals surface area contributed by atoms with Gasteiger partial charge in [-0.1, -0.05) is 0 Å². The monoisotopic (exact) mass is 253 g/mol. The van der Waals surface area contributed by atoms with Gasteiger partial charge >= 0.3 is 0 Å². The van der Waals surface area contributed by atoms with Gasteiger partial charge in [-0.3, -0.25) is 4.79 Å². The summed E-state index contributed by atoms with van der Waals surface area (Å²) in [6, 6.07) is 3.92. The molecule has 1 aliphatic carbocycles. The average Bonchev–Trinajstić information content (AvgIpc) is 2.34. The van der Waals surface area contributed by atoms with Crippen molar-refractivity contribution in [1.29, 1.82) is 0 Å². The number of nitrogens with one attached hydrogen (secondary N) is 1. The summed E-state index contributed by atoms with van der Waals surface area (Å²) in [5.74, 6) is -0.815. The molecule has 98 valence electrons. The molecule has 1 amide bonds. The molecule has 5 heteroatoms. The summed E-state index contributed by atoms with van der Waals surface area (Å²) in [4.78, 5) is 11.8. The van der Waals surface area contributed by atoms with E-state index in [0.717, 1.165) is 6.42 Å². The van der Waals surface area contributed by atoms with Crippen molar-refractivity contribution in [3.63, 3.8) is 0 Å². The number of ether oxygens (including phenoxy) is 1. The van der Waals surface area contributed by atoms with Gasteiger partial charge in [-0.25, -0.2) is 4.39 Å². The molecule has 1 saturated carbocycles. The first kappa shape index (κ1) is 12.8. The highest BCUT2D eigenvalue weighted by atomic mass is 19.1. The maximum atomic E-state index is 13.2. The zero-order chi connectivity index (χ0) is 13.2. The van der Waals surface area contributed by atoms with Crippen LogP contribution in [-0.4, -0.2) is 30.3 Å². The summed E-state index contributed by atoms with van der Waals surface area (Å²) < 4.78 is 18.0. The van der Waals surface area contributed by atoms with E-state index in [0.29, 0.717) is 18.4 Å². The summed E-state index contributed by atoms with van der Waals surface area (Å²) in [5, 5.41) is 12.5. The maximum absolute atomic E-state index is 13.2. The number of carbonyl (C=O) groups excluding carboxylic acids is 1. The lowest BCUT2D eigenvalue weighted by Gasteiger charge is -2.36. The molecule has 1 fully saturated rings. The van der Waals surface area contributed by atoms with Crippen LogP contribution in [0.25, 0.3) is 0 Å².